The smallest absolute Gasteiger partial charge is 0.234 e. The first-order chi connectivity index (χ1) is 11.3. The number of nitrogens with one attached hydrogen (secondary N) is 1. The second-order valence-corrected chi connectivity index (χ2v) is 6.31. The van der Waals surface area contributed by atoms with Gasteiger partial charge in [-0.15, -0.1) is 10.2 Å². The summed E-state index contributed by atoms with van der Waals surface area (Å²) in [7, 11) is 3.74. The van der Waals surface area contributed by atoms with E-state index in [1.807, 2.05) is 60.8 Å². The molecule has 0 aliphatic rings. The number of aliphatic hydroxyl groups is 1. The van der Waals surface area contributed by atoms with Gasteiger partial charge in [-0.3, -0.25) is 9.69 Å². The molecule has 0 saturated carbocycles. The molecule has 7 heteroatoms. The van der Waals surface area contributed by atoms with Crippen molar-refractivity contribution in [1.29, 1.82) is 0 Å². The predicted octanol–water partition coefficient (Wildman–Crippen LogP) is 0.579. The van der Waals surface area contributed by atoms with Crippen LogP contribution in [-0.2, 0) is 24.0 Å². The molecular weight excluding hydrogens is 306 g/mol. The number of rotatable bonds is 7. The molecule has 0 fully saturated rings. The average Bonchev–Trinajstić information content (AvgIpc) is 2.86. The van der Waals surface area contributed by atoms with E-state index in [1.165, 1.54) is 0 Å². The van der Waals surface area contributed by atoms with Gasteiger partial charge in [-0.2, -0.15) is 0 Å². The Morgan fingerprint density at radius 1 is 1.33 bits per heavy atom. The second kappa shape index (κ2) is 7.55. The molecule has 1 aromatic carbocycles. The maximum atomic E-state index is 12.1. The number of benzene rings is 1. The minimum Gasteiger partial charge on any atom is -0.384 e. The normalized spacial score (nSPS) is 13.8. The van der Waals surface area contributed by atoms with Gasteiger partial charge >= 0.3 is 0 Å². The molecule has 0 radical (unpaired) electrons. The molecule has 0 spiro atoms. The van der Waals surface area contributed by atoms with Crippen LogP contribution >= 0.6 is 0 Å². The van der Waals surface area contributed by atoms with Crippen LogP contribution in [0.3, 0.4) is 0 Å². The highest BCUT2D eigenvalue weighted by atomic mass is 16.3. The molecule has 0 aliphatic carbocycles. The first-order valence-corrected chi connectivity index (χ1v) is 7.87. The number of hydrogen-bond donors (Lipinski definition) is 2. The van der Waals surface area contributed by atoms with Crippen molar-refractivity contribution in [3.05, 3.63) is 47.5 Å². The van der Waals surface area contributed by atoms with Crippen LogP contribution in [0.1, 0.15) is 24.1 Å². The van der Waals surface area contributed by atoms with Crippen molar-refractivity contribution in [1.82, 2.24) is 25.0 Å². The van der Waals surface area contributed by atoms with E-state index in [0.717, 1.165) is 17.2 Å². The molecule has 1 aromatic heterocycles. The summed E-state index contributed by atoms with van der Waals surface area (Å²) >= 11 is 0. The van der Waals surface area contributed by atoms with Crippen molar-refractivity contribution >= 4 is 5.91 Å². The van der Waals surface area contributed by atoms with Crippen LogP contribution in [0, 0.1) is 6.92 Å². The zero-order valence-electron chi connectivity index (χ0n) is 14.7. The highest BCUT2D eigenvalue weighted by molar-refractivity contribution is 5.78. The van der Waals surface area contributed by atoms with Crippen molar-refractivity contribution < 1.29 is 9.90 Å². The van der Waals surface area contributed by atoms with Gasteiger partial charge in [0, 0.05) is 7.05 Å². The summed E-state index contributed by atoms with van der Waals surface area (Å²) in [5.74, 6) is 1.49. The number of nitrogens with zero attached hydrogens (tertiary/aromatic N) is 4. The van der Waals surface area contributed by atoms with Gasteiger partial charge in [-0.1, -0.05) is 30.3 Å². The Hall–Kier alpha value is -2.25. The highest BCUT2D eigenvalue weighted by Crippen LogP contribution is 2.18. The Morgan fingerprint density at radius 2 is 2.00 bits per heavy atom. The topological polar surface area (TPSA) is 83.3 Å². The highest BCUT2D eigenvalue weighted by Gasteiger charge is 2.23. The number of hydrogen-bond acceptors (Lipinski definition) is 5. The lowest BCUT2D eigenvalue weighted by molar-refractivity contribution is -0.123. The van der Waals surface area contributed by atoms with Crippen LogP contribution in [-0.4, -0.2) is 50.8 Å². The summed E-state index contributed by atoms with van der Waals surface area (Å²) < 4.78 is 1.90. The van der Waals surface area contributed by atoms with Crippen molar-refractivity contribution in [3.63, 3.8) is 0 Å². The Balaban J connectivity index is 1.83. The van der Waals surface area contributed by atoms with Crippen molar-refractivity contribution in [2.45, 2.75) is 26.0 Å². The van der Waals surface area contributed by atoms with E-state index in [2.05, 4.69) is 15.5 Å². The lowest BCUT2D eigenvalue weighted by atomic mass is 9.96. The molecule has 2 aromatic rings. The van der Waals surface area contributed by atoms with Gasteiger partial charge in [0.2, 0.25) is 5.91 Å². The molecule has 130 valence electrons. The maximum Gasteiger partial charge on any atom is 0.234 e. The third kappa shape index (κ3) is 4.62. The minimum absolute atomic E-state index is 0.146. The first-order valence-electron chi connectivity index (χ1n) is 7.87. The van der Waals surface area contributed by atoms with E-state index in [4.69, 9.17) is 0 Å². The molecule has 7 nitrogen and oxygen atoms in total. The molecular formula is C17H25N5O2. The maximum absolute atomic E-state index is 12.1. The fourth-order valence-electron chi connectivity index (χ4n) is 2.36. The van der Waals surface area contributed by atoms with E-state index in [0.29, 0.717) is 6.54 Å². The van der Waals surface area contributed by atoms with E-state index in [1.54, 1.807) is 6.92 Å². The Kier molecular flexibility index (Phi) is 5.69. The summed E-state index contributed by atoms with van der Waals surface area (Å²) in [6.45, 7) is 4.48. The van der Waals surface area contributed by atoms with Crippen molar-refractivity contribution in [2.24, 2.45) is 7.05 Å². The van der Waals surface area contributed by atoms with Crippen LogP contribution in [0.2, 0.25) is 0 Å². The lowest BCUT2D eigenvalue weighted by Gasteiger charge is -2.25. The van der Waals surface area contributed by atoms with Crippen molar-refractivity contribution in [2.75, 3.05) is 20.1 Å². The molecule has 1 unspecified atom stereocenters. The summed E-state index contributed by atoms with van der Waals surface area (Å²) in [4.78, 5) is 14.0. The summed E-state index contributed by atoms with van der Waals surface area (Å²) in [6.07, 6.45) is 0. The van der Waals surface area contributed by atoms with Crippen LogP contribution in [0.4, 0.5) is 0 Å². The molecule has 1 amide bonds. The molecule has 0 saturated heterocycles. The fraction of sp³-hybridized carbons (Fsp3) is 0.471. The van der Waals surface area contributed by atoms with Gasteiger partial charge in [0.05, 0.1) is 19.6 Å². The van der Waals surface area contributed by atoms with Crippen LogP contribution < -0.4 is 5.32 Å². The predicted molar refractivity (Wildman–Crippen MR) is 91.1 cm³/mol. The zero-order chi connectivity index (χ0) is 17.7. The SMILES string of the molecule is Cc1nnc(CN(C)CC(=O)NCC(C)(O)c2ccccc2)n1C. The summed E-state index contributed by atoms with van der Waals surface area (Å²) in [5.41, 5.74) is -0.330. The molecule has 2 rings (SSSR count). The van der Waals surface area contributed by atoms with Gasteiger partial charge in [-0.05, 0) is 26.5 Å². The number of aryl methyl sites for hydroxylation is 1. The molecule has 0 bridgehead atoms. The van der Waals surface area contributed by atoms with Crippen molar-refractivity contribution in [3.8, 4) is 0 Å². The van der Waals surface area contributed by atoms with Gasteiger partial charge in [-0.25, -0.2) is 0 Å². The number of carbonyl (C=O) groups is 1. The van der Waals surface area contributed by atoms with Gasteiger partial charge in [0.15, 0.2) is 0 Å². The Morgan fingerprint density at radius 3 is 2.58 bits per heavy atom. The summed E-state index contributed by atoms with van der Waals surface area (Å²) in [6, 6.07) is 9.30. The van der Waals surface area contributed by atoms with Crippen LogP contribution in [0.25, 0.3) is 0 Å². The third-order valence-electron chi connectivity index (χ3n) is 4.03. The first kappa shape index (κ1) is 18.1. The Bertz CT molecular complexity index is 682. The molecule has 0 aliphatic heterocycles. The second-order valence-electron chi connectivity index (χ2n) is 6.31. The largest absolute Gasteiger partial charge is 0.384 e. The average molecular weight is 331 g/mol. The van der Waals surface area contributed by atoms with Gasteiger partial charge < -0.3 is 15.0 Å². The van der Waals surface area contributed by atoms with Crippen LogP contribution in [0.5, 0.6) is 0 Å². The standard InChI is InChI=1S/C17H25N5O2/c1-13-19-20-15(22(13)4)10-21(3)11-16(23)18-12-17(2,24)14-8-6-5-7-9-14/h5-9,24H,10-12H2,1-4H3,(H,18,23). The Labute approximate surface area is 142 Å². The third-order valence-corrected chi connectivity index (χ3v) is 4.03. The summed E-state index contributed by atoms with van der Waals surface area (Å²) in [5, 5.41) is 21.4. The number of carbonyl (C=O) groups excluding carboxylic acids is 1. The quantitative estimate of drug-likeness (QED) is 0.775. The molecule has 1 heterocycles. The lowest BCUT2D eigenvalue weighted by Crippen LogP contribution is -2.42. The molecule has 1 atom stereocenters. The van der Waals surface area contributed by atoms with E-state index < -0.39 is 5.60 Å². The fourth-order valence-corrected chi connectivity index (χ4v) is 2.36. The van der Waals surface area contributed by atoms with E-state index in [-0.39, 0.29) is 19.0 Å². The molecule has 2 N–H and O–H groups in total. The monoisotopic (exact) mass is 331 g/mol. The molecule has 24 heavy (non-hydrogen) atoms. The zero-order valence-corrected chi connectivity index (χ0v) is 14.7. The number of aromatic nitrogens is 3. The van der Waals surface area contributed by atoms with Crippen LogP contribution in [0.15, 0.2) is 30.3 Å². The van der Waals surface area contributed by atoms with Gasteiger partial charge in [0.25, 0.3) is 0 Å². The van der Waals surface area contributed by atoms with Gasteiger partial charge in [0.1, 0.15) is 17.2 Å². The van der Waals surface area contributed by atoms with E-state index >= 15 is 0 Å². The number of amides is 1. The van der Waals surface area contributed by atoms with E-state index in [9.17, 15) is 9.90 Å². The minimum atomic E-state index is -1.10. The number of likely N-dealkylation sites (N-methyl/N-ethyl adjacent to an activating group) is 1.